The first-order chi connectivity index (χ1) is 13.1. The molecule has 7 heteroatoms. The number of carbonyl (C=O) groups excluding carboxylic acids is 1. The fourth-order valence-electron chi connectivity index (χ4n) is 2.72. The van der Waals surface area contributed by atoms with Crippen LogP contribution in [-0.4, -0.2) is 34.2 Å². The molecule has 0 saturated heterocycles. The van der Waals surface area contributed by atoms with Gasteiger partial charge in [-0.15, -0.1) is 10.2 Å². The predicted octanol–water partition coefficient (Wildman–Crippen LogP) is 3.03. The molecule has 0 radical (unpaired) electrons. The SMILES string of the molecule is CCOc1ccc(/C=C/C(=O)NC(C)c2nnc3ccccn23)cc1OC. The van der Waals surface area contributed by atoms with Gasteiger partial charge in [-0.25, -0.2) is 0 Å². The fraction of sp³-hybridized carbons (Fsp3) is 0.250. The second-order valence-corrected chi connectivity index (χ2v) is 5.89. The number of fused-ring (bicyclic) bond motifs is 1. The molecule has 0 aliphatic rings. The van der Waals surface area contributed by atoms with Crippen molar-refractivity contribution >= 4 is 17.6 Å². The second-order valence-electron chi connectivity index (χ2n) is 5.89. The van der Waals surface area contributed by atoms with Gasteiger partial charge >= 0.3 is 0 Å². The molecule has 3 aromatic rings. The normalized spacial score (nSPS) is 12.3. The van der Waals surface area contributed by atoms with Crippen molar-refractivity contribution in [2.75, 3.05) is 13.7 Å². The number of hydrogen-bond donors (Lipinski definition) is 1. The minimum Gasteiger partial charge on any atom is -0.493 e. The molecule has 1 aromatic carbocycles. The lowest BCUT2D eigenvalue weighted by Gasteiger charge is -2.11. The summed E-state index contributed by atoms with van der Waals surface area (Å²) in [4.78, 5) is 12.3. The molecule has 27 heavy (non-hydrogen) atoms. The minimum atomic E-state index is -0.283. The smallest absolute Gasteiger partial charge is 0.244 e. The molecule has 0 spiro atoms. The second kappa shape index (κ2) is 8.35. The molecule has 140 valence electrons. The molecular weight excluding hydrogens is 344 g/mol. The van der Waals surface area contributed by atoms with E-state index in [2.05, 4.69) is 15.5 Å². The summed E-state index contributed by atoms with van der Waals surface area (Å²) in [6.45, 7) is 4.34. The lowest BCUT2D eigenvalue weighted by molar-refractivity contribution is -0.117. The first-order valence-electron chi connectivity index (χ1n) is 8.71. The van der Waals surface area contributed by atoms with Crippen LogP contribution in [0.3, 0.4) is 0 Å². The number of nitrogens with one attached hydrogen (secondary N) is 1. The van der Waals surface area contributed by atoms with Crippen LogP contribution in [0.15, 0.2) is 48.7 Å². The van der Waals surface area contributed by atoms with Gasteiger partial charge in [0.2, 0.25) is 5.91 Å². The van der Waals surface area contributed by atoms with Gasteiger partial charge in [0, 0.05) is 12.3 Å². The van der Waals surface area contributed by atoms with E-state index in [0.717, 1.165) is 11.2 Å². The van der Waals surface area contributed by atoms with E-state index in [9.17, 15) is 4.79 Å². The molecule has 2 aromatic heterocycles. The van der Waals surface area contributed by atoms with E-state index in [0.29, 0.717) is 23.9 Å². The molecule has 0 aliphatic carbocycles. The highest BCUT2D eigenvalue weighted by Crippen LogP contribution is 2.28. The highest BCUT2D eigenvalue weighted by atomic mass is 16.5. The Morgan fingerprint density at radius 3 is 2.89 bits per heavy atom. The standard InChI is InChI=1S/C20H22N4O3/c1-4-27-16-10-8-15(13-17(16)26-3)9-11-19(25)21-14(2)20-23-22-18-7-5-6-12-24(18)20/h5-14H,4H2,1-3H3,(H,21,25)/b11-9+. The molecule has 2 heterocycles. The van der Waals surface area contributed by atoms with Gasteiger partial charge in [0.15, 0.2) is 23.0 Å². The van der Waals surface area contributed by atoms with E-state index in [4.69, 9.17) is 9.47 Å². The molecule has 1 atom stereocenters. The van der Waals surface area contributed by atoms with E-state index >= 15 is 0 Å². The van der Waals surface area contributed by atoms with Gasteiger partial charge in [0.1, 0.15) is 0 Å². The third-order valence-corrected chi connectivity index (χ3v) is 4.00. The number of ether oxygens (including phenoxy) is 2. The molecule has 0 aliphatic heterocycles. The highest BCUT2D eigenvalue weighted by Gasteiger charge is 2.14. The first kappa shape index (κ1) is 18.4. The van der Waals surface area contributed by atoms with Crippen LogP contribution in [0.1, 0.15) is 31.3 Å². The van der Waals surface area contributed by atoms with Crippen molar-refractivity contribution in [3.05, 3.63) is 60.1 Å². The summed E-state index contributed by atoms with van der Waals surface area (Å²) in [5, 5.41) is 11.2. The summed E-state index contributed by atoms with van der Waals surface area (Å²) < 4.78 is 12.7. The lowest BCUT2D eigenvalue weighted by atomic mass is 10.2. The number of hydrogen-bond acceptors (Lipinski definition) is 5. The van der Waals surface area contributed by atoms with Gasteiger partial charge < -0.3 is 14.8 Å². The van der Waals surface area contributed by atoms with Gasteiger partial charge in [0.25, 0.3) is 0 Å². The number of benzene rings is 1. The Balaban J connectivity index is 1.68. The number of methoxy groups -OCH3 is 1. The third-order valence-electron chi connectivity index (χ3n) is 4.00. The van der Waals surface area contributed by atoms with E-state index in [-0.39, 0.29) is 11.9 Å². The van der Waals surface area contributed by atoms with Crippen molar-refractivity contribution in [3.63, 3.8) is 0 Å². The van der Waals surface area contributed by atoms with Crippen LogP contribution in [0, 0.1) is 0 Å². The summed E-state index contributed by atoms with van der Waals surface area (Å²) >= 11 is 0. The molecule has 3 rings (SSSR count). The van der Waals surface area contributed by atoms with Crippen LogP contribution < -0.4 is 14.8 Å². The maximum Gasteiger partial charge on any atom is 0.244 e. The number of rotatable bonds is 7. The maximum atomic E-state index is 12.3. The van der Waals surface area contributed by atoms with Crippen LogP contribution in [0.2, 0.25) is 0 Å². The zero-order valence-corrected chi connectivity index (χ0v) is 15.5. The summed E-state index contributed by atoms with van der Waals surface area (Å²) in [5.74, 6) is 1.76. The van der Waals surface area contributed by atoms with Gasteiger partial charge in [-0.05, 0) is 49.8 Å². The Morgan fingerprint density at radius 1 is 1.26 bits per heavy atom. The van der Waals surface area contributed by atoms with Crippen molar-refractivity contribution in [2.45, 2.75) is 19.9 Å². The molecule has 1 unspecified atom stereocenters. The van der Waals surface area contributed by atoms with Gasteiger partial charge in [-0.3, -0.25) is 9.20 Å². The lowest BCUT2D eigenvalue weighted by Crippen LogP contribution is -2.26. The Kier molecular flexibility index (Phi) is 5.71. The van der Waals surface area contributed by atoms with Gasteiger partial charge in [-0.2, -0.15) is 0 Å². The predicted molar refractivity (Wildman–Crippen MR) is 103 cm³/mol. The zero-order chi connectivity index (χ0) is 19.2. The average molecular weight is 366 g/mol. The summed E-state index contributed by atoms with van der Waals surface area (Å²) in [6.07, 6.45) is 5.08. The molecule has 7 nitrogen and oxygen atoms in total. The van der Waals surface area contributed by atoms with Crippen molar-refractivity contribution in [2.24, 2.45) is 0 Å². The van der Waals surface area contributed by atoms with Crippen LogP contribution in [-0.2, 0) is 4.79 Å². The van der Waals surface area contributed by atoms with Crippen LogP contribution in [0.5, 0.6) is 11.5 Å². The molecular formula is C20H22N4O3. The molecule has 0 bridgehead atoms. The van der Waals surface area contributed by atoms with Crippen LogP contribution >= 0.6 is 0 Å². The topological polar surface area (TPSA) is 77.8 Å². The number of nitrogens with zero attached hydrogens (tertiary/aromatic N) is 3. The number of pyridine rings is 1. The molecule has 0 saturated carbocycles. The Morgan fingerprint density at radius 2 is 2.11 bits per heavy atom. The third kappa shape index (κ3) is 4.25. The molecule has 0 fully saturated rings. The minimum absolute atomic E-state index is 0.219. The summed E-state index contributed by atoms with van der Waals surface area (Å²) in [6, 6.07) is 10.9. The van der Waals surface area contributed by atoms with Crippen molar-refractivity contribution in [3.8, 4) is 11.5 Å². The fourth-order valence-corrected chi connectivity index (χ4v) is 2.72. The Hall–Kier alpha value is -3.35. The van der Waals surface area contributed by atoms with Crippen molar-refractivity contribution in [1.82, 2.24) is 19.9 Å². The summed E-state index contributed by atoms with van der Waals surface area (Å²) in [7, 11) is 1.59. The molecule has 1 amide bonds. The van der Waals surface area contributed by atoms with E-state index in [1.807, 2.05) is 60.8 Å². The van der Waals surface area contributed by atoms with E-state index in [1.54, 1.807) is 13.2 Å². The highest BCUT2D eigenvalue weighted by molar-refractivity contribution is 5.92. The monoisotopic (exact) mass is 366 g/mol. The van der Waals surface area contributed by atoms with E-state index in [1.165, 1.54) is 6.08 Å². The quantitative estimate of drug-likeness (QED) is 0.651. The first-order valence-corrected chi connectivity index (χ1v) is 8.71. The Labute approximate surface area is 157 Å². The number of carbonyl (C=O) groups is 1. The average Bonchev–Trinajstić information content (AvgIpc) is 3.11. The largest absolute Gasteiger partial charge is 0.493 e. The molecule has 1 N–H and O–H groups in total. The van der Waals surface area contributed by atoms with Crippen LogP contribution in [0.4, 0.5) is 0 Å². The number of amides is 1. The summed E-state index contributed by atoms with van der Waals surface area (Å²) in [5.41, 5.74) is 1.58. The van der Waals surface area contributed by atoms with Crippen molar-refractivity contribution < 1.29 is 14.3 Å². The Bertz CT molecular complexity index is 965. The number of aromatic nitrogens is 3. The van der Waals surface area contributed by atoms with Gasteiger partial charge in [0.05, 0.1) is 19.8 Å². The van der Waals surface area contributed by atoms with Gasteiger partial charge in [-0.1, -0.05) is 12.1 Å². The maximum absolute atomic E-state index is 12.3. The van der Waals surface area contributed by atoms with E-state index < -0.39 is 0 Å². The van der Waals surface area contributed by atoms with Crippen molar-refractivity contribution in [1.29, 1.82) is 0 Å². The zero-order valence-electron chi connectivity index (χ0n) is 15.5. The van der Waals surface area contributed by atoms with Crippen LogP contribution in [0.25, 0.3) is 11.7 Å².